The Bertz CT molecular complexity index is 126. The summed E-state index contributed by atoms with van der Waals surface area (Å²) in [5.74, 6) is 0. The van der Waals surface area contributed by atoms with E-state index in [4.69, 9.17) is 0 Å². The van der Waals surface area contributed by atoms with Crippen molar-refractivity contribution in [2.45, 2.75) is 12.4 Å². The second-order valence-corrected chi connectivity index (χ2v) is 1.52. The summed E-state index contributed by atoms with van der Waals surface area (Å²) in [6.07, 6.45) is -17.8. The van der Waals surface area contributed by atoms with Gasteiger partial charge >= 0.3 is 39.7 Å². The van der Waals surface area contributed by atoms with Crippen LogP contribution in [0.25, 0.3) is 0 Å². The van der Waals surface area contributed by atoms with Crippen LogP contribution in [-0.2, 0) is 27.3 Å². The zero-order valence-corrected chi connectivity index (χ0v) is 10.5. The van der Waals surface area contributed by atoms with Gasteiger partial charge in [-0.3, -0.25) is 0 Å². The van der Waals surface area contributed by atoms with Gasteiger partial charge in [-0.25, -0.2) is 26.3 Å². The minimum Gasteiger partial charge on any atom is -0.412 e. The van der Waals surface area contributed by atoms with Crippen LogP contribution in [0.5, 0.6) is 0 Å². The molecule has 0 fully saturated rings. The summed E-state index contributed by atoms with van der Waals surface area (Å²) in [5.41, 5.74) is 0. The summed E-state index contributed by atoms with van der Waals surface area (Å²) < 4.78 is 104. The number of rotatable bonds is 0. The van der Waals surface area contributed by atoms with Crippen LogP contribution in [0.1, 0.15) is 0 Å². The molecule has 0 heterocycles. The monoisotopic (exact) mass is 352 g/mol. The zero-order chi connectivity index (χ0) is 12.2. The molecule has 15 heavy (non-hydrogen) atoms. The summed E-state index contributed by atoms with van der Waals surface area (Å²) in [5, 5.41) is 0. The first-order chi connectivity index (χ1) is 5.89. The van der Waals surface area contributed by atoms with E-state index in [1.54, 1.807) is 0 Å². The van der Waals surface area contributed by atoms with Crippen molar-refractivity contribution < 1.29 is 71.2 Å². The molecule has 0 atom stereocenters. The molecular weight excluding hydrogens is 350 g/mol. The molecule has 0 aromatic rings. The molecule has 11 heteroatoms. The summed E-state index contributed by atoms with van der Waals surface area (Å²) in [7, 11) is 0. The Labute approximate surface area is 96.8 Å². The summed E-state index contributed by atoms with van der Waals surface area (Å²) in [4.78, 5) is 0. The Kier molecular flexibility index (Phi) is 10.3. The third-order valence-electron chi connectivity index (χ3n) is 0.429. The predicted molar refractivity (Wildman–Crippen MR) is 23.0 cm³/mol. The number of hydrogen-bond acceptors (Lipinski definition) is 0. The quantitative estimate of drug-likeness (QED) is 0.353. The van der Waals surface area contributed by atoms with E-state index in [1.165, 1.54) is 0 Å². The number of halogens is 10. The maximum atomic E-state index is 10.4. The van der Waals surface area contributed by atoms with Crippen LogP contribution < -0.4 is 0 Å². The standard InChI is InChI=1S/2C2F5.Cd/c2*3-1(4)2(5,6)7;/q2*-1;+2. The number of hydrogen-bond donors (Lipinski definition) is 0. The van der Waals surface area contributed by atoms with Gasteiger partial charge in [-0.2, -0.15) is 0 Å². The van der Waals surface area contributed by atoms with Crippen LogP contribution in [0.15, 0.2) is 0 Å². The van der Waals surface area contributed by atoms with E-state index < -0.39 is 25.2 Å². The van der Waals surface area contributed by atoms with Gasteiger partial charge in [-0.1, -0.05) is 0 Å². The summed E-state index contributed by atoms with van der Waals surface area (Å²) in [6, 6.07) is 0. The normalized spacial score (nSPS) is 12.0. The molecule has 0 nitrogen and oxygen atoms in total. The molecule has 0 aliphatic carbocycles. The molecule has 0 aliphatic rings. The third-order valence-corrected chi connectivity index (χ3v) is 0.429. The van der Waals surface area contributed by atoms with Crippen LogP contribution in [0.3, 0.4) is 0 Å². The first kappa shape index (κ1) is 20.6. The van der Waals surface area contributed by atoms with Gasteiger partial charge in [-0.05, 0) is 0 Å². The van der Waals surface area contributed by atoms with E-state index >= 15 is 0 Å². The van der Waals surface area contributed by atoms with Crippen LogP contribution in [0.4, 0.5) is 43.9 Å². The van der Waals surface area contributed by atoms with Gasteiger partial charge in [0.1, 0.15) is 12.9 Å². The average molecular weight is 350 g/mol. The first-order valence-electron chi connectivity index (χ1n) is 2.39. The molecule has 0 bridgehead atoms. The fraction of sp³-hybridized carbons (Fsp3) is 0.500. The van der Waals surface area contributed by atoms with Crippen molar-refractivity contribution in [2.75, 3.05) is 0 Å². The fourth-order valence-corrected chi connectivity index (χ4v) is 0. The molecule has 0 rings (SSSR count). The van der Waals surface area contributed by atoms with Crippen LogP contribution >= 0.6 is 0 Å². The van der Waals surface area contributed by atoms with Crippen molar-refractivity contribution in [1.82, 2.24) is 0 Å². The van der Waals surface area contributed by atoms with Crippen molar-refractivity contribution in [3.63, 3.8) is 0 Å². The molecule has 0 aromatic carbocycles. The predicted octanol–water partition coefficient (Wildman–Crippen LogP) is 3.95. The maximum Gasteiger partial charge on any atom is 2.00 e. The van der Waals surface area contributed by atoms with Crippen LogP contribution in [0.2, 0.25) is 0 Å². The molecule has 0 N–H and O–H groups in total. The van der Waals surface area contributed by atoms with Gasteiger partial charge in [0.2, 0.25) is 0 Å². The summed E-state index contributed by atoms with van der Waals surface area (Å²) >= 11 is 0. The zero-order valence-electron chi connectivity index (χ0n) is 6.49. The minimum absolute atomic E-state index is 0. The van der Waals surface area contributed by atoms with E-state index in [9.17, 15) is 43.9 Å². The topological polar surface area (TPSA) is 0 Å². The molecule has 0 amide bonds. The summed E-state index contributed by atoms with van der Waals surface area (Å²) in [6.45, 7) is 0. The van der Waals surface area contributed by atoms with E-state index in [0.29, 0.717) is 0 Å². The van der Waals surface area contributed by atoms with E-state index in [1.807, 2.05) is 0 Å². The van der Waals surface area contributed by atoms with E-state index in [-0.39, 0.29) is 27.3 Å². The molecule has 88 valence electrons. The molecular formula is C4CdF10. The van der Waals surface area contributed by atoms with Crippen molar-refractivity contribution >= 4 is 0 Å². The Balaban J connectivity index is -0.000000180. The Morgan fingerprint density at radius 2 is 0.600 bits per heavy atom. The van der Waals surface area contributed by atoms with Crippen LogP contribution in [0, 0.1) is 12.9 Å². The molecule has 0 saturated carbocycles. The molecule has 0 spiro atoms. The largest absolute Gasteiger partial charge is 2.00 e. The second kappa shape index (κ2) is 7.49. The third kappa shape index (κ3) is 14.2. The Morgan fingerprint density at radius 3 is 0.600 bits per heavy atom. The van der Waals surface area contributed by atoms with Crippen LogP contribution in [-0.4, -0.2) is 12.4 Å². The Hall–Kier alpha value is 0.222. The van der Waals surface area contributed by atoms with Crippen molar-refractivity contribution in [3.05, 3.63) is 12.9 Å². The van der Waals surface area contributed by atoms with Gasteiger partial charge in [0, 0.05) is 0 Å². The van der Waals surface area contributed by atoms with Gasteiger partial charge in [0.25, 0.3) is 0 Å². The smallest absolute Gasteiger partial charge is 0.412 e. The van der Waals surface area contributed by atoms with Gasteiger partial charge in [0.05, 0.1) is 0 Å². The molecule has 0 aromatic heterocycles. The molecule has 0 saturated heterocycles. The van der Waals surface area contributed by atoms with Gasteiger partial charge in [-0.15, -0.1) is 0 Å². The maximum absolute atomic E-state index is 10.4. The average Bonchev–Trinajstić information content (AvgIpc) is 1.83. The van der Waals surface area contributed by atoms with E-state index in [0.717, 1.165) is 0 Å². The Morgan fingerprint density at radius 1 is 0.533 bits per heavy atom. The number of alkyl halides is 6. The first-order valence-corrected chi connectivity index (χ1v) is 2.39. The van der Waals surface area contributed by atoms with Gasteiger partial charge < -0.3 is 17.6 Å². The van der Waals surface area contributed by atoms with Crippen molar-refractivity contribution in [1.29, 1.82) is 0 Å². The molecule has 0 unspecified atom stereocenters. The minimum atomic E-state index is -5.42. The van der Waals surface area contributed by atoms with Gasteiger partial charge in [0.15, 0.2) is 0 Å². The SMILES string of the molecule is F[C-](F)C(F)(F)F.F[C-](F)C(F)(F)F.[Cd+2]. The molecule has 0 aliphatic heterocycles. The second-order valence-electron chi connectivity index (χ2n) is 1.52. The fourth-order valence-electron chi connectivity index (χ4n) is 0. The van der Waals surface area contributed by atoms with Crippen molar-refractivity contribution in [3.8, 4) is 0 Å². The van der Waals surface area contributed by atoms with Crippen molar-refractivity contribution in [2.24, 2.45) is 0 Å². The molecule has 0 radical (unpaired) electrons. The van der Waals surface area contributed by atoms with E-state index in [2.05, 4.69) is 0 Å².